The molecule has 1 atom stereocenters. The Bertz CT molecular complexity index is 172. The van der Waals surface area contributed by atoms with E-state index >= 15 is 0 Å². The average molecular weight is 158 g/mol. The number of aliphatic carboxylic acids is 1. The standard InChI is InChI=1S/C7H14N2O2/c1-7(6(10)11)2-3-9(4-7)5-8/h2-5,8H2,1H3,(H,10,11). The number of rotatable bonds is 2. The normalized spacial score (nSPS) is 32.5. The third-order valence-corrected chi connectivity index (χ3v) is 2.33. The molecule has 1 saturated heterocycles. The summed E-state index contributed by atoms with van der Waals surface area (Å²) in [5.74, 6) is -0.714. The molecule has 0 bridgehead atoms. The quantitative estimate of drug-likeness (QED) is 0.579. The number of nitrogens with two attached hydrogens (primary N) is 1. The van der Waals surface area contributed by atoms with Gasteiger partial charge in [-0.25, -0.2) is 0 Å². The van der Waals surface area contributed by atoms with Crippen LogP contribution in [0.4, 0.5) is 0 Å². The summed E-state index contributed by atoms with van der Waals surface area (Å²) in [5.41, 5.74) is 4.82. The molecule has 1 aliphatic heterocycles. The van der Waals surface area contributed by atoms with Gasteiger partial charge in [-0.3, -0.25) is 9.69 Å². The molecule has 0 spiro atoms. The Morgan fingerprint density at radius 3 is 2.73 bits per heavy atom. The molecule has 0 aromatic heterocycles. The second-order valence-electron chi connectivity index (χ2n) is 3.35. The second kappa shape index (κ2) is 2.79. The number of carboxylic acids is 1. The van der Waals surface area contributed by atoms with Gasteiger partial charge in [0.05, 0.1) is 5.41 Å². The van der Waals surface area contributed by atoms with Crippen molar-refractivity contribution in [1.82, 2.24) is 4.90 Å². The third kappa shape index (κ3) is 1.52. The van der Waals surface area contributed by atoms with E-state index in [4.69, 9.17) is 10.8 Å². The minimum absolute atomic E-state index is 0.461. The number of hydrogen-bond donors (Lipinski definition) is 2. The highest BCUT2D eigenvalue weighted by molar-refractivity contribution is 5.74. The molecule has 1 fully saturated rings. The van der Waals surface area contributed by atoms with Crippen LogP contribution >= 0.6 is 0 Å². The second-order valence-corrected chi connectivity index (χ2v) is 3.35. The maximum absolute atomic E-state index is 10.7. The zero-order valence-electron chi connectivity index (χ0n) is 6.71. The Morgan fingerprint density at radius 1 is 1.82 bits per heavy atom. The summed E-state index contributed by atoms with van der Waals surface area (Å²) in [6.07, 6.45) is 0.708. The van der Waals surface area contributed by atoms with Gasteiger partial charge < -0.3 is 10.8 Å². The minimum Gasteiger partial charge on any atom is -0.481 e. The van der Waals surface area contributed by atoms with Crippen LogP contribution in [0, 0.1) is 5.41 Å². The highest BCUT2D eigenvalue weighted by Gasteiger charge is 2.39. The molecule has 11 heavy (non-hydrogen) atoms. The van der Waals surface area contributed by atoms with Gasteiger partial charge in [0.2, 0.25) is 0 Å². The summed E-state index contributed by atoms with van der Waals surface area (Å²) in [6.45, 7) is 3.62. The van der Waals surface area contributed by atoms with Gasteiger partial charge in [0.1, 0.15) is 0 Å². The highest BCUT2D eigenvalue weighted by atomic mass is 16.4. The molecule has 3 N–H and O–H groups in total. The van der Waals surface area contributed by atoms with Crippen molar-refractivity contribution in [3.63, 3.8) is 0 Å². The van der Waals surface area contributed by atoms with Crippen LogP contribution in [-0.2, 0) is 4.79 Å². The number of likely N-dealkylation sites (tertiary alicyclic amines) is 1. The number of carbonyl (C=O) groups is 1. The van der Waals surface area contributed by atoms with Gasteiger partial charge in [0.25, 0.3) is 0 Å². The Balaban J connectivity index is 2.57. The summed E-state index contributed by atoms with van der Waals surface area (Å²) in [5, 5.41) is 8.82. The Kier molecular flexibility index (Phi) is 2.15. The summed E-state index contributed by atoms with van der Waals surface area (Å²) in [4.78, 5) is 12.7. The minimum atomic E-state index is -0.714. The number of hydrogen-bond acceptors (Lipinski definition) is 3. The molecule has 64 valence electrons. The molecule has 0 radical (unpaired) electrons. The molecule has 1 aliphatic rings. The summed E-state index contributed by atoms with van der Waals surface area (Å²) < 4.78 is 0. The van der Waals surface area contributed by atoms with E-state index in [1.807, 2.05) is 4.90 Å². The van der Waals surface area contributed by atoms with Crippen LogP contribution < -0.4 is 5.73 Å². The Hall–Kier alpha value is -0.610. The maximum Gasteiger partial charge on any atom is 0.310 e. The van der Waals surface area contributed by atoms with E-state index in [-0.39, 0.29) is 0 Å². The predicted molar refractivity (Wildman–Crippen MR) is 41.0 cm³/mol. The smallest absolute Gasteiger partial charge is 0.310 e. The lowest BCUT2D eigenvalue weighted by atomic mass is 9.90. The molecule has 0 aromatic carbocycles. The molecular formula is C7H14N2O2. The largest absolute Gasteiger partial charge is 0.481 e. The topological polar surface area (TPSA) is 66.6 Å². The van der Waals surface area contributed by atoms with E-state index in [1.54, 1.807) is 6.92 Å². The molecule has 4 heteroatoms. The van der Waals surface area contributed by atoms with Crippen molar-refractivity contribution in [2.45, 2.75) is 13.3 Å². The van der Waals surface area contributed by atoms with Crippen molar-refractivity contribution in [3.05, 3.63) is 0 Å². The molecule has 0 aliphatic carbocycles. The van der Waals surface area contributed by atoms with E-state index in [2.05, 4.69) is 0 Å². The van der Waals surface area contributed by atoms with Crippen LogP contribution in [0.2, 0.25) is 0 Å². The monoisotopic (exact) mass is 158 g/mol. The van der Waals surface area contributed by atoms with Crippen molar-refractivity contribution in [1.29, 1.82) is 0 Å². The molecule has 1 heterocycles. The van der Waals surface area contributed by atoms with Crippen LogP contribution in [0.25, 0.3) is 0 Å². The van der Waals surface area contributed by atoms with Gasteiger partial charge in [0.15, 0.2) is 0 Å². The van der Waals surface area contributed by atoms with Gasteiger partial charge in [-0.1, -0.05) is 0 Å². The van der Waals surface area contributed by atoms with E-state index < -0.39 is 11.4 Å². The summed E-state index contributed by atoms with van der Waals surface area (Å²) >= 11 is 0. The van der Waals surface area contributed by atoms with Gasteiger partial charge >= 0.3 is 5.97 Å². The Morgan fingerprint density at radius 2 is 2.45 bits per heavy atom. The van der Waals surface area contributed by atoms with Crippen LogP contribution in [0.3, 0.4) is 0 Å². The first kappa shape index (κ1) is 8.49. The van der Waals surface area contributed by atoms with Crippen LogP contribution in [0.15, 0.2) is 0 Å². The first-order valence-electron chi connectivity index (χ1n) is 3.74. The first-order chi connectivity index (χ1) is 5.08. The fourth-order valence-corrected chi connectivity index (χ4v) is 1.39. The molecule has 0 saturated carbocycles. The number of carboxylic acid groups (broad SMARTS) is 1. The fourth-order valence-electron chi connectivity index (χ4n) is 1.39. The van der Waals surface area contributed by atoms with Crippen LogP contribution in [0.1, 0.15) is 13.3 Å². The van der Waals surface area contributed by atoms with Gasteiger partial charge in [0, 0.05) is 19.8 Å². The molecule has 0 amide bonds. The Labute approximate surface area is 66.0 Å². The molecule has 0 aromatic rings. The molecule has 1 unspecified atom stereocenters. The van der Waals surface area contributed by atoms with Gasteiger partial charge in [-0.15, -0.1) is 0 Å². The van der Waals surface area contributed by atoms with E-state index in [1.165, 1.54) is 0 Å². The van der Waals surface area contributed by atoms with Crippen molar-refractivity contribution >= 4 is 5.97 Å². The van der Waals surface area contributed by atoms with E-state index in [0.29, 0.717) is 19.6 Å². The lowest BCUT2D eigenvalue weighted by Gasteiger charge is -2.18. The van der Waals surface area contributed by atoms with Crippen LogP contribution in [-0.4, -0.2) is 35.7 Å². The fraction of sp³-hybridized carbons (Fsp3) is 0.857. The van der Waals surface area contributed by atoms with Crippen molar-refractivity contribution in [3.8, 4) is 0 Å². The predicted octanol–water partition coefficient (Wildman–Crippen LogP) is -0.301. The maximum atomic E-state index is 10.7. The van der Waals surface area contributed by atoms with Crippen molar-refractivity contribution in [2.24, 2.45) is 11.1 Å². The van der Waals surface area contributed by atoms with Crippen molar-refractivity contribution < 1.29 is 9.90 Å². The molecule has 4 nitrogen and oxygen atoms in total. The zero-order valence-corrected chi connectivity index (χ0v) is 6.71. The zero-order chi connectivity index (χ0) is 8.48. The lowest BCUT2D eigenvalue weighted by molar-refractivity contribution is -0.147. The van der Waals surface area contributed by atoms with Gasteiger partial charge in [-0.05, 0) is 13.3 Å². The van der Waals surface area contributed by atoms with Crippen LogP contribution in [0.5, 0.6) is 0 Å². The van der Waals surface area contributed by atoms with E-state index in [9.17, 15) is 4.79 Å². The summed E-state index contributed by atoms with van der Waals surface area (Å²) in [6, 6.07) is 0. The highest BCUT2D eigenvalue weighted by Crippen LogP contribution is 2.29. The lowest BCUT2D eigenvalue weighted by Crippen LogP contribution is -2.34. The van der Waals surface area contributed by atoms with E-state index in [0.717, 1.165) is 6.54 Å². The SMILES string of the molecule is CC1(C(=O)O)CCN(CN)C1. The third-order valence-electron chi connectivity index (χ3n) is 2.33. The average Bonchev–Trinajstić information content (AvgIpc) is 2.33. The summed E-state index contributed by atoms with van der Waals surface area (Å²) in [7, 11) is 0. The number of nitrogens with zero attached hydrogens (tertiary/aromatic N) is 1. The van der Waals surface area contributed by atoms with Gasteiger partial charge in [-0.2, -0.15) is 0 Å². The first-order valence-corrected chi connectivity index (χ1v) is 3.74. The molecular weight excluding hydrogens is 144 g/mol. The molecule has 1 rings (SSSR count). The van der Waals surface area contributed by atoms with Crippen molar-refractivity contribution in [2.75, 3.05) is 19.8 Å².